The molecule has 0 saturated heterocycles. The maximum absolute atomic E-state index is 9.36. The van der Waals surface area contributed by atoms with Gasteiger partial charge in [-0.3, -0.25) is 0 Å². The molecular formula is C16H18O3. The normalized spacial score (nSPS) is 10.3. The van der Waals surface area contributed by atoms with Crippen molar-refractivity contribution in [3.63, 3.8) is 0 Å². The second-order valence-electron chi connectivity index (χ2n) is 4.34. The first-order valence-corrected chi connectivity index (χ1v) is 6.13. The summed E-state index contributed by atoms with van der Waals surface area (Å²) in [6.07, 6.45) is 0. The number of methoxy groups -OCH3 is 2. The zero-order valence-electron chi connectivity index (χ0n) is 11.4. The first-order chi connectivity index (χ1) is 9.21. The molecule has 19 heavy (non-hydrogen) atoms. The van der Waals surface area contributed by atoms with Crippen molar-refractivity contribution in [2.24, 2.45) is 0 Å². The molecule has 0 aliphatic heterocycles. The molecule has 0 spiro atoms. The Bertz CT molecular complexity index is 576. The fraction of sp³-hybridized carbons (Fsp3) is 0.250. The van der Waals surface area contributed by atoms with E-state index >= 15 is 0 Å². The van der Waals surface area contributed by atoms with Crippen molar-refractivity contribution in [2.45, 2.75) is 13.5 Å². The number of para-hydroxylation sites is 1. The van der Waals surface area contributed by atoms with Crippen molar-refractivity contribution in [3.8, 4) is 22.6 Å². The smallest absolute Gasteiger partial charge is 0.168 e. The van der Waals surface area contributed by atoms with E-state index in [-0.39, 0.29) is 6.61 Å². The van der Waals surface area contributed by atoms with Gasteiger partial charge < -0.3 is 14.6 Å². The number of hydrogen-bond donors (Lipinski definition) is 1. The zero-order chi connectivity index (χ0) is 13.8. The second kappa shape index (κ2) is 5.76. The Kier molecular flexibility index (Phi) is 4.07. The molecule has 0 unspecified atom stereocenters. The maximum atomic E-state index is 9.36. The lowest BCUT2D eigenvalue weighted by molar-refractivity contribution is 0.281. The van der Waals surface area contributed by atoms with E-state index in [0.29, 0.717) is 11.5 Å². The summed E-state index contributed by atoms with van der Waals surface area (Å²) in [4.78, 5) is 0. The molecule has 0 atom stereocenters. The van der Waals surface area contributed by atoms with Gasteiger partial charge in [-0.25, -0.2) is 0 Å². The lowest BCUT2D eigenvalue weighted by Crippen LogP contribution is -1.94. The standard InChI is InChI=1S/C16H18O3/c1-11-7-8-12(9-13(11)10-17)14-5-4-6-15(18-2)16(14)19-3/h4-9,17H,10H2,1-3H3. The van der Waals surface area contributed by atoms with Gasteiger partial charge in [0.15, 0.2) is 11.5 Å². The van der Waals surface area contributed by atoms with Crippen LogP contribution in [0.15, 0.2) is 36.4 Å². The Morgan fingerprint density at radius 1 is 1.05 bits per heavy atom. The fourth-order valence-electron chi connectivity index (χ4n) is 2.12. The lowest BCUT2D eigenvalue weighted by Gasteiger charge is -2.14. The Morgan fingerprint density at radius 2 is 1.84 bits per heavy atom. The molecule has 0 heterocycles. The number of hydrogen-bond acceptors (Lipinski definition) is 3. The van der Waals surface area contributed by atoms with Crippen LogP contribution in [-0.4, -0.2) is 19.3 Å². The fourth-order valence-corrected chi connectivity index (χ4v) is 2.12. The highest BCUT2D eigenvalue weighted by atomic mass is 16.5. The monoisotopic (exact) mass is 258 g/mol. The minimum atomic E-state index is 0.0337. The zero-order valence-corrected chi connectivity index (χ0v) is 11.4. The largest absolute Gasteiger partial charge is 0.493 e. The van der Waals surface area contributed by atoms with E-state index in [4.69, 9.17) is 9.47 Å². The number of aliphatic hydroxyl groups excluding tert-OH is 1. The first kappa shape index (κ1) is 13.4. The van der Waals surface area contributed by atoms with Crippen LogP contribution in [0.1, 0.15) is 11.1 Å². The molecule has 3 heteroatoms. The van der Waals surface area contributed by atoms with Gasteiger partial charge in [0.2, 0.25) is 0 Å². The Labute approximate surface area is 113 Å². The van der Waals surface area contributed by atoms with E-state index in [2.05, 4.69) is 0 Å². The average Bonchev–Trinajstić information content (AvgIpc) is 2.46. The molecule has 0 amide bonds. The van der Waals surface area contributed by atoms with E-state index in [0.717, 1.165) is 22.3 Å². The number of ether oxygens (including phenoxy) is 2. The van der Waals surface area contributed by atoms with Gasteiger partial charge in [-0.2, -0.15) is 0 Å². The third-order valence-corrected chi connectivity index (χ3v) is 3.23. The SMILES string of the molecule is COc1cccc(-c2ccc(C)c(CO)c2)c1OC. The summed E-state index contributed by atoms with van der Waals surface area (Å²) in [6.45, 7) is 2.02. The van der Waals surface area contributed by atoms with Crippen molar-refractivity contribution in [3.05, 3.63) is 47.5 Å². The van der Waals surface area contributed by atoms with Gasteiger partial charge >= 0.3 is 0 Å². The summed E-state index contributed by atoms with van der Waals surface area (Å²) in [5, 5.41) is 9.36. The predicted molar refractivity (Wildman–Crippen MR) is 75.6 cm³/mol. The van der Waals surface area contributed by atoms with Crippen molar-refractivity contribution < 1.29 is 14.6 Å². The summed E-state index contributed by atoms with van der Waals surface area (Å²) in [5.74, 6) is 1.41. The number of aryl methyl sites for hydroxylation is 1. The van der Waals surface area contributed by atoms with Crippen molar-refractivity contribution in [1.29, 1.82) is 0 Å². The molecule has 0 saturated carbocycles. The minimum absolute atomic E-state index is 0.0337. The van der Waals surface area contributed by atoms with E-state index in [1.807, 2.05) is 43.3 Å². The minimum Gasteiger partial charge on any atom is -0.493 e. The molecule has 100 valence electrons. The van der Waals surface area contributed by atoms with Crippen LogP contribution in [0.4, 0.5) is 0 Å². The summed E-state index contributed by atoms with van der Waals surface area (Å²) < 4.78 is 10.7. The number of benzene rings is 2. The van der Waals surface area contributed by atoms with Crippen LogP contribution in [0.2, 0.25) is 0 Å². The summed E-state index contributed by atoms with van der Waals surface area (Å²) in [7, 11) is 3.25. The highest BCUT2D eigenvalue weighted by molar-refractivity contribution is 5.74. The summed E-state index contributed by atoms with van der Waals surface area (Å²) >= 11 is 0. The number of rotatable bonds is 4. The van der Waals surface area contributed by atoms with E-state index < -0.39 is 0 Å². The molecule has 0 aliphatic rings. The highest BCUT2D eigenvalue weighted by Crippen LogP contribution is 2.38. The third-order valence-electron chi connectivity index (χ3n) is 3.23. The molecule has 1 N–H and O–H groups in total. The molecule has 0 radical (unpaired) electrons. The van der Waals surface area contributed by atoms with E-state index in [1.165, 1.54) is 0 Å². The molecule has 0 aromatic heterocycles. The quantitative estimate of drug-likeness (QED) is 0.915. The molecule has 0 fully saturated rings. The van der Waals surface area contributed by atoms with Crippen LogP contribution in [-0.2, 0) is 6.61 Å². The van der Waals surface area contributed by atoms with Gasteiger partial charge in [0, 0.05) is 5.56 Å². The topological polar surface area (TPSA) is 38.7 Å². The van der Waals surface area contributed by atoms with Gasteiger partial charge in [-0.15, -0.1) is 0 Å². The number of aliphatic hydroxyl groups is 1. The molecule has 3 nitrogen and oxygen atoms in total. The molecule has 0 aliphatic carbocycles. The molecule has 0 bridgehead atoms. The summed E-state index contributed by atoms with van der Waals surface area (Å²) in [6, 6.07) is 11.8. The van der Waals surface area contributed by atoms with E-state index in [1.54, 1.807) is 14.2 Å². The molecular weight excluding hydrogens is 240 g/mol. The van der Waals surface area contributed by atoms with Crippen molar-refractivity contribution in [2.75, 3.05) is 14.2 Å². The second-order valence-corrected chi connectivity index (χ2v) is 4.34. The maximum Gasteiger partial charge on any atom is 0.168 e. The molecule has 2 aromatic rings. The van der Waals surface area contributed by atoms with Crippen LogP contribution in [0.25, 0.3) is 11.1 Å². The van der Waals surface area contributed by atoms with Gasteiger partial charge in [0.25, 0.3) is 0 Å². The third kappa shape index (κ3) is 2.56. The Balaban J connectivity index is 2.58. The van der Waals surface area contributed by atoms with E-state index in [9.17, 15) is 5.11 Å². The lowest BCUT2D eigenvalue weighted by atomic mass is 9.99. The molecule has 2 aromatic carbocycles. The Morgan fingerprint density at radius 3 is 2.47 bits per heavy atom. The van der Waals surface area contributed by atoms with Crippen LogP contribution >= 0.6 is 0 Å². The first-order valence-electron chi connectivity index (χ1n) is 6.13. The average molecular weight is 258 g/mol. The predicted octanol–water partition coefficient (Wildman–Crippen LogP) is 3.17. The van der Waals surface area contributed by atoms with Gasteiger partial charge in [0.1, 0.15) is 0 Å². The molecule has 2 rings (SSSR count). The van der Waals surface area contributed by atoms with Crippen LogP contribution in [0, 0.1) is 6.92 Å². The summed E-state index contributed by atoms with van der Waals surface area (Å²) in [5.41, 5.74) is 3.96. The van der Waals surface area contributed by atoms with Crippen molar-refractivity contribution in [1.82, 2.24) is 0 Å². The van der Waals surface area contributed by atoms with Gasteiger partial charge in [0.05, 0.1) is 20.8 Å². The van der Waals surface area contributed by atoms with Gasteiger partial charge in [-0.05, 0) is 35.7 Å². The highest BCUT2D eigenvalue weighted by Gasteiger charge is 2.12. The van der Waals surface area contributed by atoms with Crippen molar-refractivity contribution >= 4 is 0 Å². The van der Waals surface area contributed by atoms with Crippen LogP contribution < -0.4 is 9.47 Å². The van der Waals surface area contributed by atoms with Gasteiger partial charge in [-0.1, -0.05) is 24.3 Å². The van der Waals surface area contributed by atoms with Crippen LogP contribution in [0.5, 0.6) is 11.5 Å². The van der Waals surface area contributed by atoms with Crippen LogP contribution in [0.3, 0.4) is 0 Å². The Hall–Kier alpha value is -2.00.